The third-order valence-electron chi connectivity index (χ3n) is 4.97. The Kier molecular flexibility index (Phi) is 5.07. The lowest BCUT2D eigenvalue weighted by Crippen LogP contribution is -2.33. The van der Waals surface area contributed by atoms with Crippen molar-refractivity contribution in [2.45, 2.75) is 12.8 Å². The smallest absolute Gasteiger partial charge is 0.338 e. The van der Waals surface area contributed by atoms with E-state index in [4.69, 9.17) is 16.3 Å². The molecule has 0 aliphatic carbocycles. The van der Waals surface area contributed by atoms with Crippen molar-refractivity contribution in [1.82, 2.24) is 4.90 Å². The lowest BCUT2D eigenvalue weighted by molar-refractivity contribution is -0.117. The van der Waals surface area contributed by atoms with E-state index in [1.54, 1.807) is 35.2 Å². The molecule has 2 aromatic carbocycles. The molecule has 3 amide bonds. The van der Waals surface area contributed by atoms with E-state index in [-0.39, 0.29) is 24.6 Å². The summed E-state index contributed by atoms with van der Waals surface area (Å²) in [6, 6.07) is 11.1. The van der Waals surface area contributed by atoms with Crippen molar-refractivity contribution in [3.8, 4) is 0 Å². The molecule has 1 saturated heterocycles. The van der Waals surface area contributed by atoms with Gasteiger partial charge in [0.2, 0.25) is 5.91 Å². The van der Waals surface area contributed by atoms with Gasteiger partial charge in [-0.2, -0.15) is 0 Å². The number of amides is 3. The average molecular weight is 413 g/mol. The zero-order chi connectivity index (χ0) is 20.5. The van der Waals surface area contributed by atoms with E-state index in [1.807, 2.05) is 0 Å². The van der Waals surface area contributed by atoms with Gasteiger partial charge in [-0.3, -0.25) is 19.3 Å². The molecule has 1 fully saturated rings. The van der Waals surface area contributed by atoms with Gasteiger partial charge in [0.05, 0.1) is 33.9 Å². The molecule has 0 spiro atoms. The van der Waals surface area contributed by atoms with Gasteiger partial charge in [-0.1, -0.05) is 23.7 Å². The summed E-state index contributed by atoms with van der Waals surface area (Å²) in [5.41, 5.74) is 1.42. The van der Waals surface area contributed by atoms with Gasteiger partial charge in [-0.25, -0.2) is 4.79 Å². The van der Waals surface area contributed by atoms with Gasteiger partial charge >= 0.3 is 5.97 Å². The quantitative estimate of drug-likeness (QED) is 0.557. The third kappa shape index (κ3) is 3.49. The molecular formula is C21H17ClN2O5. The fraction of sp³-hybridized carbons (Fsp3) is 0.238. The molecule has 2 heterocycles. The van der Waals surface area contributed by atoms with Gasteiger partial charge in [-0.15, -0.1) is 0 Å². The molecule has 0 bridgehead atoms. The van der Waals surface area contributed by atoms with E-state index in [2.05, 4.69) is 0 Å². The lowest BCUT2D eigenvalue weighted by Gasteiger charge is -2.18. The van der Waals surface area contributed by atoms with Crippen LogP contribution in [0.4, 0.5) is 5.69 Å². The number of hydrogen-bond donors (Lipinski definition) is 0. The van der Waals surface area contributed by atoms with E-state index in [0.717, 1.165) is 11.3 Å². The molecule has 8 heteroatoms. The highest BCUT2D eigenvalue weighted by molar-refractivity contribution is 6.34. The molecule has 0 aromatic heterocycles. The van der Waals surface area contributed by atoms with Crippen molar-refractivity contribution < 1.29 is 23.9 Å². The number of nitrogens with zero attached hydrogens (tertiary/aromatic N) is 2. The van der Waals surface area contributed by atoms with E-state index in [9.17, 15) is 19.2 Å². The van der Waals surface area contributed by atoms with Crippen LogP contribution in [-0.2, 0) is 9.53 Å². The van der Waals surface area contributed by atoms with Crippen LogP contribution >= 0.6 is 11.6 Å². The molecule has 4 rings (SSSR count). The van der Waals surface area contributed by atoms with Crippen LogP contribution < -0.4 is 4.90 Å². The van der Waals surface area contributed by atoms with Crippen LogP contribution in [0.2, 0.25) is 5.02 Å². The Morgan fingerprint density at radius 1 is 1.03 bits per heavy atom. The summed E-state index contributed by atoms with van der Waals surface area (Å²) in [5, 5.41) is 0.378. The summed E-state index contributed by atoms with van der Waals surface area (Å²) in [7, 11) is 0. The van der Waals surface area contributed by atoms with E-state index >= 15 is 0 Å². The van der Waals surface area contributed by atoms with Crippen LogP contribution in [-0.4, -0.2) is 48.3 Å². The monoisotopic (exact) mass is 412 g/mol. The molecule has 0 unspecified atom stereocenters. The molecule has 0 radical (unpaired) electrons. The van der Waals surface area contributed by atoms with Crippen LogP contribution in [0.1, 0.15) is 43.9 Å². The maximum absolute atomic E-state index is 12.4. The minimum absolute atomic E-state index is 0.0385. The van der Waals surface area contributed by atoms with Crippen LogP contribution in [0, 0.1) is 0 Å². The van der Waals surface area contributed by atoms with Crippen LogP contribution in [0.15, 0.2) is 42.5 Å². The van der Waals surface area contributed by atoms with Crippen molar-refractivity contribution in [3.05, 3.63) is 64.2 Å². The van der Waals surface area contributed by atoms with Crippen LogP contribution in [0.25, 0.3) is 0 Å². The van der Waals surface area contributed by atoms with Gasteiger partial charge in [0.15, 0.2) is 0 Å². The standard InChI is InChI=1S/C21H17ClN2O5/c22-16-8-7-13(12-17(16)23-9-3-6-18(23)25)21(28)29-11-10-24-19(26)14-4-1-2-5-15(14)20(24)27/h1-2,4-5,7-8,12H,3,6,9-11H2. The second-order valence-electron chi connectivity index (χ2n) is 6.76. The summed E-state index contributed by atoms with van der Waals surface area (Å²) >= 11 is 6.19. The number of esters is 1. The summed E-state index contributed by atoms with van der Waals surface area (Å²) in [4.78, 5) is 51.6. The normalized spacial score (nSPS) is 15.8. The number of hydrogen-bond acceptors (Lipinski definition) is 5. The second kappa shape index (κ2) is 7.67. The molecule has 0 saturated carbocycles. The van der Waals surface area contributed by atoms with Gasteiger partial charge in [-0.05, 0) is 36.8 Å². The first-order valence-corrected chi connectivity index (χ1v) is 9.57. The van der Waals surface area contributed by atoms with Crippen molar-refractivity contribution in [3.63, 3.8) is 0 Å². The largest absolute Gasteiger partial charge is 0.460 e. The molecule has 148 valence electrons. The first-order chi connectivity index (χ1) is 14.0. The molecular weight excluding hydrogens is 396 g/mol. The van der Waals surface area contributed by atoms with Crippen molar-refractivity contribution >= 4 is 41.0 Å². The number of halogens is 1. The average Bonchev–Trinajstić information content (AvgIpc) is 3.25. The molecule has 2 aromatic rings. The topological polar surface area (TPSA) is 84.0 Å². The fourth-order valence-electron chi connectivity index (χ4n) is 3.50. The number of imide groups is 1. The first kappa shape index (κ1) is 19.1. The lowest BCUT2D eigenvalue weighted by atomic mass is 10.1. The molecule has 2 aliphatic rings. The number of carbonyl (C=O) groups excluding carboxylic acids is 4. The van der Waals surface area contributed by atoms with E-state index in [1.165, 1.54) is 12.1 Å². The minimum atomic E-state index is -0.619. The number of benzene rings is 2. The Morgan fingerprint density at radius 2 is 1.72 bits per heavy atom. The summed E-state index contributed by atoms with van der Waals surface area (Å²) in [6.07, 6.45) is 1.19. The molecule has 0 atom stereocenters. The van der Waals surface area contributed by atoms with Gasteiger partial charge < -0.3 is 9.64 Å². The van der Waals surface area contributed by atoms with Crippen LogP contribution in [0.5, 0.6) is 0 Å². The fourth-order valence-corrected chi connectivity index (χ4v) is 3.72. The van der Waals surface area contributed by atoms with Crippen molar-refractivity contribution in [1.29, 1.82) is 0 Å². The summed E-state index contributed by atoms with van der Waals surface area (Å²) < 4.78 is 5.24. The third-order valence-corrected chi connectivity index (χ3v) is 5.29. The zero-order valence-corrected chi connectivity index (χ0v) is 16.1. The molecule has 7 nitrogen and oxygen atoms in total. The Bertz CT molecular complexity index is 1000. The predicted molar refractivity (Wildman–Crippen MR) is 105 cm³/mol. The van der Waals surface area contributed by atoms with E-state index in [0.29, 0.717) is 34.8 Å². The van der Waals surface area contributed by atoms with Gasteiger partial charge in [0, 0.05) is 13.0 Å². The Hall–Kier alpha value is -3.19. The number of fused-ring (bicyclic) bond motifs is 1. The maximum Gasteiger partial charge on any atom is 0.338 e. The van der Waals surface area contributed by atoms with Crippen molar-refractivity contribution in [2.24, 2.45) is 0 Å². The Morgan fingerprint density at radius 3 is 2.34 bits per heavy atom. The van der Waals surface area contributed by atoms with Crippen LogP contribution in [0.3, 0.4) is 0 Å². The van der Waals surface area contributed by atoms with Gasteiger partial charge in [0.25, 0.3) is 11.8 Å². The van der Waals surface area contributed by atoms with Crippen molar-refractivity contribution in [2.75, 3.05) is 24.6 Å². The highest BCUT2D eigenvalue weighted by atomic mass is 35.5. The SMILES string of the molecule is O=C(OCCN1C(=O)c2ccccc2C1=O)c1ccc(Cl)c(N2CCCC2=O)c1. The zero-order valence-electron chi connectivity index (χ0n) is 15.4. The Labute approximate surface area is 171 Å². The molecule has 2 aliphatic heterocycles. The van der Waals surface area contributed by atoms with Gasteiger partial charge in [0.1, 0.15) is 6.61 Å². The Balaban J connectivity index is 1.40. The number of rotatable bonds is 5. The maximum atomic E-state index is 12.4. The van der Waals surface area contributed by atoms with E-state index < -0.39 is 17.8 Å². The predicted octanol–water partition coefficient (Wildman–Crippen LogP) is 2.92. The summed E-state index contributed by atoms with van der Waals surface area (Å²) in [5.74, 6) is -1.46. The summed E-state index contributed by atoms with van der Waals surface area (Å²) in [6.45, 7) is 0.380. The number of ether oxygens (including phenoxy) is 1. The second-order valence-corrected chi connectivity index (χ2v) is 7.17. The highest BCUT2D eigenvalue weighted by Gasteiger charge is 2.35. The number of anilines is 1. The number of carbonyl (C=O) groups is 4. The minimum Gasteiger partial charge on any atom is -0.460 e. The highest BCUT2D eigenvalue weighted by Crippen LogP contribution is 2.30. The molecule has 29 heavy (non-hydrogen) atoms. The first-order valence-electron chi connectivity index (χ1n) is 9.19. The molecule has 0 N–H and O–H groups in total.